The minimum absolute atomic E-state index is 0.0110. The number of nitrogens with zero attached hydrogens (tertiary/aromatic N) is 3. The Morgan fingerprint density at radius 2 is 1.90 bits per heavy atom. The van der Waals surface area contributed by atoms with Gasteiger partial charge in [0.2, 0.25) is 0 Å². The second-order valence-electron chi connectivity index (χ2n) is 8.11. The Kier molecular flexibility index (Phi) is 6.82. The first-order valence-electron chi connectivity index (χ1n) is 11.2. The average molecular weight is 423 g/mol. The third kappa shape index (κ3) is 4.71. The second kappa shape index (κ2) is 9.92. The summed E-state index contributed by atoms with van der Waals surface area (Å²) in [7, 11) is 0. The molecular weight excluding hydrogens is 392 g/mol. The zero-order chi connectivity index (χ0) is 21.6. The molecular formula is C24H30N4O3. The largest absolute Gasteiger partial charge is 0.468 e. The van der Waals surface area contributed by atoms with E-state index in [-0.39, 0.29) is 17.5 Å². The van der Waals surface area contributed by atoms with Crippen LogP contribution in [0.5, 0.6) is 0 Å². The molecule has 7 nitrogen and oxygen atoms in total. The third-order valence-corrected chi connectivity index (χ3v) is 5.97. The lowest BCUT2D eigenvalue weighted by Gasteiger charge is -2.26. The summed E-state index contributed by atoms with van der Waals surface area (Å²) in [5, 5.41) is 8.64. The third-order valence-electron chi connectivity index (χ3n) is 5.97. The van der Waals surface area contributed by atoms with E-state index in [0.29, 0.717) is 29.6 Å². The molecule has 4 rings (SSSR count). The number of aryl methyl sites for hydroxylation is 1. The zero-order valence-electron chi connectivity index (χ0n) is 18.0. The molecule has 1 aliphatic rings. The average Bonchev–Trinajstić information content (AvgIpc) is 3.51. The highest BCUT2D eigenvalue weighted by Crippen LogP contribution is 2.25. The standard InChI is InChI=1S/C24H30N4O3/c1-2-3-6-15-28-24(30)19-11-5-4-10-18(19)22(26-28)23(29)25-17-20(21-12-9-16-31-21)27-13-7-8-14-27/h4-5,9-12,16,20H,2-3,6-8,13-15,17H2,1H3,(H,25,29). The summed E-state index contributed by atoms with van der Waals surface area (Å²) in [4.78, 5) is 28.4. The summed E-state index contributed by atoms with van der Waals surface area (Å²) >= 11 is 0. The van der Waals surface area contributed by atoms with Gasteiger partial charge >= 0.3 is 0 Å². The first kappa shape index (κ1) is 21.3. The number of unbranched alkanes of at least 4 members (excludes halogenated alkanes) is 2. The molecule has 164 valence electrons. The highest BCUT2D eigenvalue weighted by atomic mass is 16.3. The fourth-order valence-corrected chi connectivity index (χ4v) is 4.28. The van der Waals surface area contributed by atoms with Crippen molar-refractivity contribution in [3.05, 3.63) is 64.5 Å². The van der Waals surface area contributed by atoms with Gasteiger partial charge in [0, 0.05) is 18.5 Å². The molecule has 1 saturated heterocycles. The van der Waals surface area contributed by atoms with Crippen LogP contribution in [0.25, 0.3) is 10.8 Å². The van der Waals surface area contributed by atoms with Crippen LogP contribution < -0.4 is 10.9 Å². The molecule has 1 aromatic carbocycles. The van der Waals surface area contributed by atoms with Gasteiger partial charge in [0.1, 0.15) is 5.76 Å². The number of carbonyl (C=O) groups is 1. The molecule has 31 heavy (non-hydrogen) atoms. The molecule has 1 aliphatic heterocycles. The minimum Gasteiger partial charge on any atom is -0.468 e. The lowest BCUT2D eigenvalue weighted by molar-refractivity contribution is 0.0928. The lowest BCUT2D eigenvalue weighted by atomic mass is 10.1. The van der Waals surface area contributed by atoms with Crippen LogP contribution in [0.2, 0.25) is 0 Å². The van der Waals surface area contributed by atoms with Crippen molar-refractivity contribution in [1.82, 2.24) is 20.0 Å². The molecule has 3 heterocycles. The summed E-state index contributed by atoms with van der Waals surface area (Å²) in [6.45, 7) is 5.04. The zero-order valence-corrected chi connectivity index (χ0v) is 18.0. The molecule has 2 aromatic heterocycles. The van der Waals surface area contributed by atoms with E-state index in [9.17, 15) is 9.59 Å². The van der Waals surface area contributed by atoms with E-state index >= 15 is 0 Å². The predicted molar refractivity (Wildman–Crippen MR) is 120 cm³/mol. The van der Waals surface area contributed by atoms with E-state index in [1.807, 2.05) is 24.3 Å². The van der Waals surface area contributed by atoms with E-state index in [1.165, 1.54) is 4.68 Å². The maximum absolute atomic E-state index is 13.2. The molecule has 1 amide bonds. The monoisotopic (exact) mass is 422 g/mol. The van der Waals surface area contributed by atoms with Gasteiger partial charge in [-0.15, -0.1) is 0 Å². The van der Waals surface area contributed by atoms with Crippen LogP contribution in [0.1, 0.15) is 61.3 Å². The van der Waals surface area contributed by atoms with Gasteiger partial charge in [0.05, 0.1) is 17.7 Å². The fraction of sp³-hybridized carbons (Fsp3) is 0.458. The van der Waals surface area contributed by atoms with Crippen LogP contribution in [-0.2, 0) is 6.54 Å². The van der Waals surface area contributed by atoms with E-state index in [2.05, 4.69) is 22.2 Å². The second-order valence-corrected chi connectivity index (χ2v) is 8.11. The number of nitrogens with one attached hydrogen (secondary N) is 1. The maximum Gasteiger partial charge on any atom is 0.274 e. The van der Waals surface area contributed by atoms with Crippen molar-refractivity contribution in [2.45, 2.75) is 51.6 Å². The number of rotatable bonds is 9. The number of hydrogen-bond donors (Lipinski definition) is 1. The summed E-state index contributed by atoms with van der Waals surface area (Å²) < 4.78 is 7.09. The van der Waals surface area contributed by atoms with Crippen molar-refractivity contribution in [3.8, 4) is 0 Å². The van der Waals surface area contributed by atoms with Crippen LogP contribution in [0.3, 0.4) is 0 Å². The van der Waals surface area contributed by atoms with Crippen molar-refractivity contribution in [2.24, 2.45) is 0 Å². The number of benzene rings is 1. The SMILES string of the molecule is CCCCCn1nc(C(=O)NCC(c2ccco2)N2CCCC2)c2ccccc2c1=O. The van der Waals surface area contributed by atoms with Crippen LogP contribution in [0.15, 0.2) is 51.9 Å². The molecule has 1 fully saturated rings. The van der Waals surface area contributed by atoms with Gasteiger partial charge in [-0.3, -0.25) is 14.5 Å². The van der Waals surface area contributed by atoms with Crippen molar-refractivity contribution in [3.63, 3.8) is 0 Å². The number of hydrogen-bond acceptors (Lipinski definition) is 5. The normalized spacial score (nSPS) is 15.4. The number of carbonyl (C=O) groups excluding carboxylic acids is 1. The molecule has 1 unspecified atom stereocenters. The molecule has 1 N–H and O–H groups in total. The van der Waals surface area contributed by atoms with Crippen molar-refractivity contribution >= 4 is 16.7 Å². The first-order chi connectivity index (χ1) is 15.2. The molecule has 0 saturated carbocycles. The molecule has 0 radical (unpaired) electrons. The van der Waals surface area contributed by atoms with E-state index < -0.39 is 0 Å². The van der Waals surface area contributed by atoms with Crippen molar-refractivity contribution in [2.75, 3.05) is 19.6 Å². The first-order valence-corrected chi connectivity index (χ1v) is 11.2. The summed E-state index contributed by atoms with van der Waals surface area (Å²) in [5.41, 5.74) is 0.153. The van der Waals surface area contributed by atoms with Gasteiger partial charge in [0.25, 0.3) is 11.5 Å². The Morgan fingerprint density at radius 3 is 2.61 bits per heavy atom. The molecule has 0 spiro atoms. The molecule has 0 bridgehead atoms. The van der Waals surface area contributed by atoms with Gasteiger partial charge in [-0.1, -0.05) is 38.0 Å². The Labute approximate surface area is 182 Å². The Hall–Kier alpha value is -2.93. The van der Waals surface area contributed by atoms with Gasteiger partial charge in [-0.05, 0) is 50.6 Å². The number of aromatic nitrogens is 2. The Bertz CT molecular complexity index is 1070. The summed E-state index contributed by atoms with van der Waals surface area (Å²) in [5.74, 6) is 0.584. The minimum atomic E-state index is -0.267. The Morgan fingerprint density at radius 1 is 1.13 bits per heavy atom. The predicted octanol–water partition coefficient (Wildman–Crippen LogP) is 3.75. The highest BCUT2D eigenvalue weighted by molar-refractivity contribution is 6.04. The number of likely N-dealkylation sites (tertiary alicyclic amines) is 1. The number of amides is 1. The molecule has 1 atom stereocenters. The van der Waals surface area contributed by atoms with Crippen LogP contribution in [0.4, 0.5) is 0 Å². The lowest BCUT2D eigenvalue weighted by Crippen LogP contribution is -2.38. The van der Waals surface area contributed by atoms with E-state index in [1.54, 1.807) is 18.4 Å². The summed E-state index contributed by atoms with van der Waals surface area (Å²) in [6.07, 6.45) is 6.91. The van der Waals surface area contributed by atoms with Crippen LogP contribution in [0, 0.1) is 0 Å². The summed E-state index contributed by atoms with van der Waals surface area (Å²) in [6, 6.07) is 11.0. The quantitative estimate of drug-likeness (QED) is 0.531. The van der Waals surface area contributed by atoms with Crippen LogP contribution in [-0.4, -0.2) is 40.2 Å². The highest BCUT2D eigenvalue weighted by Gasteiger charge is 2.27. The smallest absolute Gasteiger partial charge is 0.274 e. The Balaban J connectivity index is 1.59. The van der Waals surface area contributed by atoms with Gasteiger partial charge in [-0.2, -0.15) is 5.10 Å². The number of fused-ring (bicyclic) bond motifs is 1. The maximum atomic E-state index is 13.2. The fourth-order valence-electron chi connectivity index (χ4n) is 4.28. The van der Waals surface area contributed by atoms with E-state index in [4.69, 9.17) is 4.42 Å². The van der Waals surface area contributed by atoms with Crippen LogP contribution >= 0.6 is 0 Å². The van der Waals surface area contributed by atoms with Crippen molar-refractivity contribution in [1.29, 1.82) is 0 Å². The van der Waals surface area contributed by atoms with Gasteiger partial charge in [-0.25, -0.2) is 4.68 Å². The topological polar surface area (TPSA) is 80.4 Å². The van der Waals surface area contributed by atoms with Gasteiger partial charge < -0.3 is 9.73 Å². The van der Waals surface area contributed by atoms with E-state index in [0.717, 1.165) is 51.0 Å². The molecule has 3 aromatic rings. The number of furan rings is 1. The molecule has 7 heteroatoms. The van der Waals surface area contributed by atoms with Gasteiger partial charge in [0.15, 0.2) is 5.69 Å². The molecule has 0 aliphatic carbocycles. The van der Waals surface area contributed by atoms with Crippen molar-refractivity contribution < 1.29 is 9.21 Å².